The summed E-state index contributed by atoms with van der Waals surface area (Å²) in [5.74, 6) is 1.02. The fraction of sp³-hybridized carbons (Fsp3) is 0.600. The highest BCUT2D eigenvalue weighted by molar-refractivity contribution is 8.00. The van der Waals surface area contributed by atoms with Crippen LogP contribution in [0.1, 0.15) is 18.6 Å². The van der Waals surface area contributed by atoms with Crippen molar-refractivity contribution >= 4 is 11.8 Å². The summed E-state index contributed by atoms with van der Waals surface area (Å²) in [5, 5.41) is 3.43. The van der Waals surface area contributed by atoms with Crippen molar-refractivity contribution in [1.82, 2.24) is 5.32 Å². The van der Waals surface area contributed by atoms with Gasteiger partial charge in [0.15, 0.2) is 0 Å². The standard InChI is InChI=1S/C10H15NOS/c1-13-10(4-5-10)8-11-7-9-3-2-6-12-9/h2-3,6,11H,4-5,7-8H2,1H3. The van der Waals surface area contributed by atoms with E-state index in [1.807, 2.05) is 23.9 Å². The van der Waals surface area contributed by atoms with Gasteiger partial charge in [-0.3, -0.25) is 0 Å². The van der Waals surface area contributed by atoms with E-state index in [1.54, 1.807) is 6.26 Å². The molecule has 0 spiro atoms. The predicted octanol–water partition coefficient (Wildman–Crippen LogP) is 2.26. The molecule has 1 fully saturated rings. The van der Waals surface area contributed by atoms with Crippen LogP contribution in [-0.2, 0) is 6.54 Å². The molecule has 0 aliphatic heterocycles. The van der Waals surface area contributed by atoms with Gasteiger partial charge < -0.3 is 9.73 Å². The number of hydrogen-bond donors (Lipinski definition) is 1. The Morgan fingerprint density at radius 1 is 1.62 bits per heavy atom. The fourth-order valence-electron chi connectivity index (χ4n) is 1.42. The summed E-state index contributed by atoms with van der Waals surface area (Å²) in [4.78, 5) is 0. The molecule has 2 nitrogen and oxygen atoms in total. The van der Waals surface area contributed by atoms with Crippen LogP contribution in [0.4, 0.5) is 0 Å². The Hall–Kier alpha value is -0.410. The van der Waals surface area contributed by atoms with Crippen molar-refractivity contribution in [3.63, 3.8) is 0 Å². The van der Waals surface area contributed by atoms with Gasteiger partial charge in [-0.15, -0.1) is 0 Å². The van der Waals surface area contributed by atoms with Crippen LogP contribution in [0.3, 0.4) is 0 Å². The quantitative estimate of drug-likeness (QED) is 0.784. The first-order valence-corrected chi connectivity index (χ1v) is 5.85. The van der Waals surface area contributed by atoms with E-state index in [9.17, 15) is 0 Å². The van der Waals surface area contributed by atoms with Crippen LogP contribution in [0.15, 0.2) is 22.8 Å². The number of furan rings is 1. The van der Waals surface area contributed by atoms with Crippen molar-refractivity contribution in [2.75, 3.05) is 12.8 Å². The van der Waals surface area contributed by atoms with E-state index in [0.717, 1.165) is 18.8 Å². The highest BCUT2D eigenvalue weighted by atomic mass is 32.2. The Labute approximate surface area is 83.1 Å². The smallest absolute Gasteiger partial charge is 0.117 e. The van der Waals surface area contributed by atoms with E-state index >= 15 is 0 Å². The lowest BCUT2D eigenvalue weighted by atomic mass is 10.4. The molecule has 0 saturated heterocycles. The Bertz CT molecular complexity index is 254. The highest BCUT2D eigenvalue weighted by Crippen LogP contribution is 2.46. The SMILES string of the molecule is CSC1(CNCc2ccco2)CC1. The molecule has 1 aliphatic rings. The lowest BCUT2D eigenvalue weighted by Gasteiger charge is -2.11. The molecule has 1 saturated carbocycles. The molecule has 0 aromatic carbocycles. The lowest BCUT2D eigenvalue weighted by molar-refractivity contribution is 0.482. The molecule has 13 heavy (non-hydrogen) atoms. The van der Waals surface area contributed by atoms with Gasteiger partial charge in [-0.1, -0.05) is 0 Å². The summed E-state index contributed by atoms with van der Waals surface area (Å²) < 4.78 is 5.78. The van der Waals surface area contributed by atoms with Crippen molar-refractivity contribution < 1.29 is 4.42 Å². The van der Waals surface area contributed by atoms with E-state index in [4.69, 9.17) is 4.42 Å². The predicted molar refractivity (Wildman–Crippen MR) is 55.9 cm³/mol. The zero-order chi connectivity index (χ0) is 9.15. The van der Waals surface area contributed by atoms with Crippen molar-refractivity contribution in [2.45, 2.75) is 24.1 Å². The average molecular weight is 197 g/mol. The van der Waals surface area contributed by atoms with Gasteiger partial charge in [-0.2, -0.15) is 11.8 Å². The van der Waals surface area contributed by atoms with Crippen molar-refractivity contribution in [1.29, 1.82) is 0 Å². The zero-order valence-electron chi connectivity index (χ0n) is 7.88. The maximum Gasteiger partial charge on any atom is 0.117 e. The summed E-state index contributed by atoms with van der Waals surface area (Å²) in [6, 6.07) is 3.93. The summed E-state index contributed by atoms with van der Waals surface area (Å²) in [5.41, 5.74) is 0. The number of thioether (sulfide) groups is 1. The first-order valence-electron chi connectivity index (χ1n) is 4.63. The van der Waals surface area contributed by atoms with Gasteiger partial charge in [0.2, 0.25) is 0 Å². The summed E-state index contributed by atoms with van der Waals surface area (Å²) in [6.07, 6.45) is 6.64. The van der Waals surface area contributed by atoms with E-state index < -0.39 is 0 Å². The second-order valence-corrected chi connectivity index (χ2v) is 4.84. The molecule has 1 aromatic heterocycles. The minimum absolute atomic E-state index is 0.548. The van der Waals surface area contributed by atoms with Crippen LogP contribution >= 0.6 is 11.8 Å². The molecular formula is C10H15NOS. The molecule has 1 heterocycles. The van der Waals surface area contributed by atoms with E-state index in [-0.39, 0.29) is 0 Å². The summed E-state index contributed by atoms with van der Waals surface area (Å²) in [7, 11) is 0. The minimum atomic E-state index is 0.548. The average Bonchev–Trinajstić information content (AvgIpc) is 2.74. The van der Waals surface area contributed by atoms with E-state index in [0.29, 0.717) is 4.75 Å². The first kappa shape index (κ1) is 9.16. The van der Waals surface area contributed by atoms with Crippen LogP contribution in [0.2, 0.25) is 0 Å². The number of nitrogens with one attached hydrogen (secondary N) is 1. The molecule has 0 bridgehead atoms. The van der Waals surface area contributed by atoms with Gasteiger partial charge in [0.25, 0.3) is 0 Å². The van der Waals surface area contributed by atoms with Crippen LogP contribution in [0, 0.1) is 0 Å². The molecule has 3 heteroatoms. The molecule has 0 radical (unpaired) electrons. The van der Waals surface area contributed by atoms with Crippen LogP contribution in [0.25, 0.3) is 0 Å². The van der Waals surface area contributed by atoms with Crippen LogP contribution < -0.4 is 5.32 Å². The van der Waals surface area contributed by atoms with Crippen LogP contribution in [-0.4, -0.2) is 17.5 Å². The van der Waals surface area contributed by atoms with Crippen LogP contribution in [0.5, 0.6) is 0 Å². The molecular weight excluding hydrogens is 182 g/mol. The lowest BCUT2D eigenvalue weighted by Crippen LogP contribution is -2.25. The minimum Gasteiger partial charge on any atom is -0.468 e. The summed E-state index contributed by atoms with van der Waals surface area (Å²) >= 11 is 1.98. The normalized spacial score (nSPS) is 18.8. The summed E-state index contributed by atoms with van der Waals surface area (Å²) in [6.45, 7) is 1.96. The molecule has 1 aliphatic carbocycles. The Kier molecular flexibility index (Phi) is 2.65. The second-order valence-electron chi connectivity index (χ2n) is 3.57. The van der Waals surface area contributed by atoms with Gasteiger partial charge in [0, 0.05) is 11.3 Å². The maximum absolute atomic E-state index is 5.23. The Balaban J connectivity index is 1.70. The molecule has 0 amide bonds. The van der Waals surface area contributed by atoms with E-state index in [1.165, 1.54) is 12.8 Å². The van der Waals surface area contributed by atoms with Gasteiger partial charge in [0.05, 0.1) is 12.8 Å². The highest BCUT2D eigenvalue weighted by Gasteiger charge is 2.41. The third-order valence-electron chi connectivity index (χ3n) is 2.57. The topological polar surface area (TPSA) is 25.2 Å². The molecule has 1 aromatic rings. The van der Waals surface area contributed by atoms with Crippen molar-refractivity contribution in [3.05, 3.63) is 24.2 Å². The van der Waals surface area contributed by atoms with Gasteiger partial charge >= 0.3 is 0 Å². The van der Waals surface area contributed by atoms with Gasteiger partial charge in [0.1, 0.15) is 5.76 Å². The first-order chi connectivity index (χ1) is 6.35. The van der Waals surface area contributed by atoms with Gasteiger partial charge in [-0.05, 0) is 31.2 Å². The third kappa shape index (κ3) is 2.29. The molecule has 72 valence electrons. The maximum atomic E-state index is 5.23. The Morgan fingerprint density at radius 3 is 3.00 bits per heavy atom. The molecule has 1 N–H and O–H groups in total. The van der Waals surface area contributed by atoms with E-state index in [2.05, 4.69) is 11.6 Å². The Morgan fingerprint density at radius 2 is 2.46 bits per heavy atom. The fourth-order valence-corrected chi connectivity index (χ4v) is 2.18. The number of rotatable bonds is 5. The second kappa shape index (κ2) is 3.76. The third-order valence-corrected chi connectivity index (χ3v) is 3.99. The molecule has 0 unspecified atom stereocenters. The monoisotopic (exact) mass is 197 g/mol. The van der Waals surface area contributed by atoms with Gasteiger partial charge in [-0.25, -0.2) is 0 Å². The molecule has 2 rings (SSSR count). The van der Waals surface area contributed by atoms with Crippen molar-refractivity contribution in [3.8, 4) is 0 Å². The number of hydrogen-bond acceptors (Lipinski definition) is 3. The van der Waals surface area contributed by atoms with Crippen molar-refractivity contribution in [2.24, 2.45) is 0 Å². The largest absolute Gasteiger partial charge is 0.468 e. The molecule has 0 atom stereocenters. The zero-order valence-corrected chi connectivity index (χ0v) is 8.69.